The molecule has 45 heavy (non-hydrogen) atoms. The molecule has 0 N–H and O–H groups in total. The number of benzene rings is 5. The lowest BCUT2D eigenvalue weighted by atomic mass is 9.99. The topological polar surface area (TPSA) is 77.6 Å². The molecule has 210 valence electrons. The second-order valence-electron chi connectivity index (χ2n) is 10.9. The van der Waals surface area contributed by atoms with Crippen molar-refractivity contribution in [3.63, 3.8) is 0 Å². The van der Waals surface area contributed by atoms with Crippen LogP contribution in [0.3, 0.4) is 0 Å². The van der Waals surface area contributed by atoms with E-state index in [-0.39, 0.29) is 0 Å². The van der Waals surface area contributed by atoms with E-state index in [0.29, 0.717) is 17.5 Å². The van der Waals surface area contributed by atoms with Crippen LogP contribution in [0.5, 0.6) is 0 Å². The maximum atomic E-state index is 6.45. The van der Waals surface area contributed by atoms with Gasteiger partial charge in [-0.2, -0.15) is 0 Å². The smallest absolute Gasteiger partial charge is 0.164 e. The minimum absolute atomic E-state index is 0.564. The quantitative estimate of drug-likeness (QED) is 0.194. The lowest BCUT2D eigenvalue weighted by Crippen LogP contribution is -2.00. The highest BCUT2D eigenvalue weighted by Gasteiger charge is 2.20. The molecule has 9 rings (SSSR count). The van der Waals surface area contributed by atoms with E-state index in [0.717, 1.165) is 71.7 Å². The van der Waals surface area contributed by atoms with Gasteiger partial charge in [-0.15, -0.1) is 0 Å². The van der Waals surface area contributed by atoms with Crippen molar-refractivity contribution in [1.82, 2.24) is 24.9 Å². The number of hydrogen-bond acceptors (Lipinski definition) is 6. The predicted molar refractivity (Wildman–Crippen MR) is 179 cm³/mol. The van der Waals surface area contributed by atoms with Crippen LogP contribution in [0.1, 0.15) is 0 Å². The fourth-order valence-electron chi connectivity index (χ4n) is 5.99. The van der Waals surface area contributed by atoms with Gasteiger partial charge in [0.1, 0.15) is 11.2 Å². The number of fused-ring (bicyclic) bond motifs is 6. The van der Waals surface area contributed by atoms with Gasteiger partial charge in [0.15, 0.2) is 17.5 Å². The molecule has 9 aromatic rings. The Morgan fingerprint density at radius 3 is 1.84 bits per heavy atom. The van der Waals surface area contributed by atoms with E-state index in [1.807, 2.05) is 97.2 Å². The first-order valence-corrected chi connectivity index (χ1v) is 14.8. The van der Waals surface area contributed by atoms with Crippen LogP contribution in [0.25, 0.3) is 89.2 Å². The van der Waals surface area contributed by atoms with Crippen LogP contribution < -0.4 is 0 Å². The molecule has 0 radical (unpaired) electrons. The molecule has 0 atom stereocenters. The Hall–Kier alpha value is -6.27. The first-order chi connectivity index (χ1) is 22.3. The SMILES string of the molecule is c1ccc(-c2nc(-c3ccccc3)nc(-c3cc(-c4ccc5ccc6cccnc6c5n4)cc4oc5ccccc5c34)n2)cc1. The zero-order valence-electron chi connectivity index (χ0n) is 23.9. The van der Waals surface area contributed by atoms with E-state index in [2.05, 4.69) is 47.4 Å². The normalized spacial score (nSPS) is 11.6. The second kappa shape index (κ2) is 10.2. The predicted octanol–water partition coefficient (Wildman–Crippen LogP) is 9.54. The van der Waals surface area contributed by atoms with Crippen LogP contribution in [0.15, 0.2) is 144 Å². The summed E-state index contributed by atoms with van der Waals surface area (Å²) in [6.07, 6.45) is 1.81. The molecule has 4 aromatic heterocycles. The highest BCUT2D eigenvalue weighted by molar-refractivity contribution is 6.13. The van der Waals surface area contributed by atoms with Gasteiger partial charge in [0, 0.05) is 50.0 Å². The molecule has 0 bridgehead atoms. The van der Waals surface area contributed by atoms with Gasteiger partial charge in [-0.25, -0.2) is 19.9 Å². The summed E-state index contributed by atoms with van der Waals surface area (Å²) in [5.74, 6) is 1.77. The van der Waals surface area contributed by atoms with E-state index >= 15 is 0 Å². The maximum Gasteiger partial charge on any atom is 0.164 e. The largest absolute Gasteiger partial charge is 0.456 e. The number of hydrogen-bond donors (Lipinski definition) is 0. The Bertz CT molecular complexity index is 2480. The molecule has 6 nitrogen and oxygen atoms in total. The Labute approximate surface area is 257 Å². The molecule has 0 aliphatic heterocycles. The van der Waals surface area contributed by atoms with Crippen molar-refractivity contribution < 1.29 is 4.42 Å². The van der Waals surface area contributed by atoms with Crippen molar-refractivity contribution in [2.75, 3.05) is 0 Å². The number of aromatic nitrogens is 5. The third kappa shape index (κ3) is 4.31. The highest BCUT2D eigenvalue weighted by atomic mass is 16.3. The van der Waals surface area contributed by atoms with E-state index < -0.39 is 0 Å². The van der Waals surface area contributed by atoms with Crippen molar-refractivity contribution in [2.24, 2.45) is 0 Å². The molecular formula is C39H23N5O. The van der Waals surface area contributed by atoms with Crippen LogP contribution in [0, 0.1) is 0 Å². The summed E-state index contributed by atoms with van der Waals surface area (Å²) in [6, 6.07) is 44.6. The van der Waals surface area contributed by atoms with Crippen molar-refractivity contribution in [1.29, 1.82) is 0 Å². The molecule has 0 spiro atoms. The summed E-state index contributed by atoms with van der Waals surface area (Å²) in [6.45, 7) is 0. The standard InChI is InChI=1S/C39H23N5O/c1-3-10-26(11-4-1)37-42-38(27-12-5-2-6-13-27)44-39(43-37)30-22-28(23-33-34(30)29-15-7-8-16-32(29)45-33)31-20-19-25-18-17-24-14-9-21-40-35(24)36(25)41-31/h1-23H. The van der Waals surface area contributed by atoms with E-state index in [4.69, 9.17) is 24.4 Å². The molecule has 0 unspecified atom stereocenters. The zero-order valence-corrected chi connectivity index (χ0v) is 23.9. The Balaban J connectivity index is 1.34. The van der Waals surface area contributed by atoms with Gasteiger partial charge in [0.25, 0.3) is 0 Å². The van der Waals surface area contributed by atoms with Gasteiger partial charge in [-0.05, 0) is 30.3 Å². The van der Waals surface area contributed by atoms with Crippen LogP contribution in [-0.4, -0.2) is 24.9 Å². The first-order valence-electron chi connectivity index (χ1n) is 14.8. The van der Waals surface area contributed by atoms with Gasteiger partial charge in [-0.1, -0.05) is 103 Å². The number of rotatable bonds is 4. The Morgan fingerprint density at radius 2 is 1.09 bits per heavy atom. The first kappa shape index (κ1) is 25.2. The van der Waals surface area contributed by atoms with Crippen molar-refractivity contribution in [3.8, 4) is 45.4 Å². The van der Waals surface area contributed by atoms with Gasteiger partial charge in [-0.3, -0.25) is 4.98 Å². The van der Waals surface area contributed by atoms with Crippen molar-refractivity contribution in [2.45, 2.75) is 0 Å². The molecule has 0 saturated heterocycles. The molecule has 0 saturated carbocycles. The summed E-state index contributed by atoms with van der Waals surface area (Å²) in [5, 5.41) is 4.03. The van der Waals surface area contributed by atoms with E-state index in [1.54, 1.807) is 0 Å². The zero-order chi connectivity index (χ0) is 29.7. The summed E-state index contributed by atoms with van der Waals surface area (Å²) in [4.78, 5) is 24.8. The number of para-hydroxylation sites is 1. The second-order valence-corrected chi connectivity index (χ2v) is 10.9. The third-order valence-electron chi connectivity index (χ3n) is 8.15. The third-order valence-corrected chi connectivity index (χ3v) is 8.15. The minimum atomic E-state index is 0.564. The maximum absolute atomic E-state index is 6.45. The highest BCUT2D eigenvalue weighted by Crippen LogP contribution is 2.40. The lowest BCUT2D eigenvalue weighted by Gasteiger charge is -2.11. The summed E-state index contributed by atoms with van der Waals surface area (Å²) < 4.78 is 6.45. The Kier molecular flexibility index (Phi) is 5.71. The number of nitrogens with zero attached hydrogens (tertiary/aromatic N) is 5. The fourth-order valence-corrected chi connectivity index (χ4v) is 5.99. The molecular weight excluding hydrogens is 554 g/mol. The summed E-state index contributed by atoms with van der Waals surface area (Å²) in [5.41, 5.74) is 7.66. The van der Waals surface area contributed by atoms with Gasteiger partial charge in [0.05, 0.1) is 16.7 Å². The molecule has 0 aliphatic rings. The molecule has 0 amide bonds. The monoisotopic (exact) mass is 577 g/mol. The van der Waals surface area contributed by atoms with Crippen molar-refractivity contribution in [3.05, 3.63) is 140 Å². The fraction of sp³-hybridized carbons (Fsp3) is 0. The van der Waals surface area contributed by atoms with Crippen LogP contribution in [0.4, 0.5) is 0 Å². The van der Waals surface area contributed by atoms with Crippen LogP contribution in [0.2, 0.25) is 0 Å². The van der Waals surface area contributed by atoms with Crippen LogP contribution in [-0.2, 0) is 0 Å². The van der Waals surface area contributed by atoms with E-state index in [9.17, 15) is 0 Å². The molecule has 0 fully saturated rings. The molecule has 5 aromatic carbocycles. The summed E-state index contributed by atoms with van der Waals surface area (Å²) >= 11 is 0. The summed E-state index contributed by atoms with van der Waals surface area (Å²) in [7, 11) is 0. The van der Waals surface area contributed by atoms with Gasteiger partial charge >= 0.3 is 0 Å². The number of furan rings is 1. The van der Waals surface area contributed by atoms with Crippen molar-refractivity contribution >= 4 is 43.7 Å². The number of pyridine rings is 2. The van der Waals surface area contributed by atoms with E-state index in [1.165, 1.54) is 0 Å². The average Bonchev–Trinajstić information content (AvgIpc) is 3.50. The van der Waals surface area contributed by atoms with Gasteiger partial charge in [0.2, 0.25) is 0 Å². The van der Waals surface area contributed by atoms with Crippen LogP contribution >= 0.6 is 0 Å². The lowest BCUT2D eigenvalue weighted by molar-refractivity contribution is 0.669. The minimum Gasteiger partial charge on any atom is -0.456 e. The van der Waals surface area contributed by atoms with Gasteiger partial charge < -0.3 is 4.42 Å². The molecule has 6 heteroatoms. The molecule has 4 heterocycles. The average molecular weight is 578 g/mol. The Morgan fingerprint density at radius 1 is 0.444 bits per heavy atom. The molecule has 0 aliphatic carbocycles.